The molecule has 23 heavy (non-hydrogen) atoms. The van der Waals surface area contributed by atoms with Gasteiger partial charge in [-0.2, -0.15) is 4.98 Å². The molecule has 130 valence electrons. The van der Waals surface area contributed by atoms with Crippen LogP contribution in [0.2, 0.25) is 18.1 Å². The maximum atomic E-state index is 11.8. The Morgan fingerprint density at radius 3 is 2.74 bits per heavy atom. The van der Waals surface area contributed by atoms with Crippen LogP contribution in [-0.4, -0.2) is 46.8 Å². The van der Waals surface area contributed by atoms with E-state index in [1.165, 1.54) is 10.9 Å². The second kappa shape index (κ2) is 6.31. The molecule has 3 N–H and O–H groups in total. The van der Waals surface area contributed by atoms with Gasteiger partial charge in [-0.05, 0) is 18.1 Å². The van der Waals surface area contributed by atoms with Gasteiger partial charge in [0.2, 0.25) is 5.95 Å². The summed E-state index contributed by atoms with van der Waals surface area (Å²) in [5.41, 5.74) is 4.83. The van der Waals surface area contributed by atoms with Crippen LogP contribution in [0, 0.1) is 0 Å². The number of nitrogens with two attached hydrogens (primary N) is 1. The fraction of sp³-hybridized carbons (Fsp3) is 0.786. The van der Waals surface area contributed by atoms with Crippen molar-refractivity contribution in [3.63, 3.8) is 0 Å². The molecule has 3 atom stereocenters. The maximum absolute atomic E-state index is 11.8. The van der Waals surface area contributed by atoms with Crippen molar-refractivity contribution in [3.8, 4) is 0 Å². The van der Waals surface area contributed by atoms with Crippen LogP contribution in [0.5, 0.6) is 0 Å². The van der Waals surface area contributed by atoms with Crippen molar-refractivity contribution in [2.45, 2.75) is 63.8 Å². The third-order valence-corrected chi connectivity index (χ3v) is 9.18. The molecule has 9 heteroatoms. The number of anilines is 1. The van der Waals surface area contributed by atoms with Crippen molar-refractivity contribution in [1.82, 2.24) is 14.5 Å². The highest BCUT2D eigenvalue weighted by Crippen LogP contribution is 2.37. The standard InChI is InChI=1S/C14H26N4O4Si/c1-14(2,3)23(4,5)21-7-10-9(19)6-11(22-10)18-8-16-12(15)17-13(18)20/h8-11,19H,6-7H2,1-5H3,(H2,15,17,20)/t9-,10+,11?/m0/s1. The first kappa shape index (κ1) is 18.1. The van der Waals surface area contributed by atoms with E-state index in [1.807, 2.05) is 0 Å². The maximum Gasteiger partial charge on any atom is 0.354 e. The van der Waals surface area contributed by atoms with Crippen LogP contribution in [0.1, 0.15) is 33.4 Å². The second-order valence-corrected chi connectivity index (χ2v) is 12.2. The van der Waals surface area contributed by atoms with E-state index in [1.54, 1.807) is 0 Å². The molecule has 0 amide bonds. The zero-order valence-electron chi connectivity index (χ0n) is 14.3. The van der Waals surface area contributed by atoms with Gasteiger partial charge >= 0.3 is 5.69 Å². The Labute approximate surface area is 136 Å². The van der Waals surface area contributed by atoms with E-state index in [4.69, 9.17) is 14.9 Å². The quantitative estimate of drug-likeness (QED) is 0.781. The van der Waals surface area contributed by atoms with Crippen LogP contribution in [0.25, 0.3) is 0 Å². The minimum Gasteiger partial charge on any atom is -0.414 e. The first-order valence-electron chi connectivity index (χ1n) is 7.69. The molecule has 0 bridgehead atoms. The first-order chi connectivity index (χ1) is 10.5. The third-order valence-electron chi connectivity index (χ3n) is 4.67. The topological polar surface area (TPSA) is 112 Å². The summed E-state index contributed by atoms with van der Waals surface area (Å²) in [6, 6.07) is 0. The summed E-state index contributed by atoms with van der Waals surface area (Å²) in [5, 5.41) is 10.3. The zero-order valence-corrected chi connectivity index (χ0v) is 15.3. The highest BCUT2D eigenvalue weighted by Gasteiger charge is 2.41. The molecule has 2 rings (SSSR count). The van der Waals surface area contributed by atoms with Crippen molar-refractivity contribution in [3.05, 3.63) is 16.8 Å². The molecule has 8 nitrogen and oxygen atoms in total. The molecular weight excluding hydrogens is 316 g/mol. The fourth-order valence-electron chi connectivity index (χ4n) is 2.10. The second-order valence-electron chi connectivity index (χ2n) is 7.41. The molecule has 1 fully saturated rings. The smallest absolute Gasteiger partial charge is 0.354 e. The Morgan fingerprint density at radius 1 is 1.52 bits per heavy atom. The summed E-state index contributed by atoms with van der Waals surface area (Å²) in [4.78, 5) is 19.2. The molecule has 2 heterocycles. The normalized spacial score (nSPS) is 25.7. The largest absolute Gasteiger partial charge is 0.414 e. The van der Waals surface area contributed by atoms with Crippen molar-refractivity contribution in [2.75, 3.05) is 12.3 Å². The summed E-state index contributed by atoms with van der Waals surface area (Å²) < 4.78 is 13.1. The molecule has 0 spiro atoms. The van der Waals surface area contributed by atoms with E-state index in [9.17, 15) is 9.90 Å². The Morgan fingerprint density at radius 2 is 2.17 bits per heavy atom. The van der Waals surface area contributed by atoms with Crippen LogP contribution in [0.3, 0.4) is 0 Å². The average Bonchev–Trinajstić information content (AvgIpc) is 2.76. The van der Waals surface area contributed by atoms with Crippen LogP contribution in [0.15, 0.2) is 11.1 Å². The fourth-order valence-corrected chi connectivity index (χ4v) is 3.11. The van der Waals surface area contributed by atoms with E-state index in [-0.39, 0.29) is 11.0 Å². The molecule has 1 aromatic rings. The number of nitrogens with zero attached hydrogens (tertiary/aromatic N) is 3. The van der Waals surface area contributed by atoms with E-state index >= 15 is 0 Å². The number of hydrogen-bond donors (Lipinski definition) is 2. The van der Waals surface area contributed by atoms with Crippen LogP contribution < -0.4 is 11.4 Å². The van der Waals surface area contributed by atoms with Crippen LogP contribution in [-0.2, 0) is 9.16 Å². The molecule has 1 aromatic heterocycles. The monoisotopic (exact) mass is 342 g/mol. The summed E-state index contributed by atoms with van der Waals surface area (Å²) in [6.07, 6.45) is -0.198. The number of aromatic nitrogens is 3. The van der Waals surface area contributed by atoms with Gasteiger partial charge in [-0.15, -0.1) is 0 Å². The lowest BCUT2D eigenvalue weighted by Gasteiger charge is -2.37. The summed E-state index contributed by atoms with van der Waals surface area (Å²) in [5.74, 6) is -0.0809. The molecular formula is C14H26N4O4Si. The van der Waals surface area contributed by atoms with Gasteiger partial charge in [0.25, 0.3) is 0 Å². The van der Waals surface area contributed by atoms with Gasteiger partial charge in [0.1, 0.15) is 18.7 Å². The number of hydrogen-bond acceptors (Lipinski definition) is 7. The number of aliphatic hydroxyl groups is 1. The number of rotatable bonds is 4. The lowest BCUT2D eigenvalue weighted by molar-refractivity contribution is -0.0435. The summed E-state index contributed by atoms with van der Waals surface area (Å²) in [6.45, 7) is 11.0. The minimum absolute atomic E-state index is 0.0809. The molecule has 1 aliphatic rings. The van der Waals surface area contributed by atoms with E-state index in [2.05, 4.69) is 43.8 Å². The Hall–Kier alpha value is -1.29. The van der Waals surface area contributed by atoms with Gasteiger partial charge in [0, 0.05) is 6.42 Å². The predicted octanol–water partition coefficient (Wildman–Crippen LogP) is 0.891. The zero-order chi connectivity index (χ0) is 17.4. The third kappa shape index (κ3) is 3.97. The number of ether oxygens (including phenoxy) is 1. The van der Waals surface area contributed by atoms with Gasteiger partial charge in [-0.1, -0.05) is 20.8 Å². The van der Waals surface area contributed by atoms with E-state index in [0.29, 0.717) is 13.0 Å². The van der Waals surface area contributed by atoms with Gasteiger partial charge < -0.3 is 20.0 Å². The lowest BCUT2D eigenvalue weighted by Crippen LogP contribution is -2.43. The summed E-state index contributed by atoms with van der Waals surface area (Å²) >= 11 is 0. The average molecular weight is 342 g/mol. The predicted molar refractivity (Wildman–Crippen MR) is 88.4 cm³/mol. The first-order valence-corrected chi connectivity index (χ1v) is 10.6. The van der Waals surface area contributed by atoms with E-state index in [0.717, 1.165) is 0 Å². The van der Waals surface area contributed by atoms with E-state index < -0.39 is 32.4 Å². The van der Waals surface area contributed by atoms with Crippen LogP contribution in [0.4, 0.5) is 5.95 Å². The Kier molecular flexibility index (Phi) is 4.95. The van der Waals surface area contributed by atoms with Crippen molar-refractivity contribution >= 4 is 14.3 Å². The molecule has 1 saturated heterocycles. The number of nitrogen functional groups attached to an aromatic ring is 1. The van der Waals surface area contributed by atoms with Gasteiger partial charge in [0.15, 0.2) is 8.32 Å². The molecule has 0 aromatic carbocycles. The van der Waals surface area contributed by atoms with Crippen molar-refractivity contribution < 1.29 is 14.3 Å². The molecule has 1 unspecified atom stereocenters. The SMILES string of the molecule is CC(C)(C)[Si](C)(C)OC[C@H]1OC(n2cnc(N)nc2=O)C[C@@H]1O. The molecule has 0 saturated carbocycles. The molecule has 0 radical (unpaired) electrons. The molecule has 1 aliphatic heterocycles. The molecule has 0 aliphatic carbocycles. The van der Waals surface area contributed by atoms with Gasteiger partial charge in [-0.3, -0.25) is 4.57 Å². The highest BCUT2D eigenvalue weighted by atomic mass is 28.4. The van der Waals surface area contributed by atoms with Crippen molar-refractivity contribution in [1.29, 1.82) is 0 Å². The highest BCUT2D eigenvalue weighted by molar-refractivity contribution is 6.74. The Balaban J connectivity index is 2.03. The number of aliphatic hydroxyl groups excluding tert-OH is 1. The van der Waals surface area contributed by atoms with Crippen molar-refractivity contribution in [2.24, 2.45) is 0 Å². The van der Waals surface area contributed by atoms with Gasteiger partial charge in [-0.25, -0.2) is 9.78 Å². The Bertz CT molecular complexity index is 614. The lowest BCUT2D eigenvalue weighted by atomic mass is 10.2. The minimum atomic E-state index is -1.92. The van der Waals surface area contributed by atoms with Gasteiger partial charge in [0.05, 0.1) is 12.7 Å². The van der Waals surface area contributed by atoms with Crippen LogP contribution >= 0.6 is 0 Å². The summed E-state index contributed by atoms with van der Waals surface area (Å²) in [7, 11) is -1.92.